The molecule has 1 N–H and O–H groups in total. The first-order valence-corrected chi connectivity index (χ1v) is 10.9. The fourth-order valence-electron chi connectivity index (χ4n) is 3.79. The van der Waals surface area contributed by atoms with E-state index in [1.54, 1.807) is 0 Å². The third-order valence-corrected chi connectivity index (χ3v) is 6.78. The van der Waals surface area contributed by atoms with E-state index in [-0.39, 0.29) is 11.9 Å². The first-order chi connectivity index (χ1) is 12.2. The molecule has 1 unspecified atom stereocenters. The fourth-order valence-corrected chi connectivity index (χ4v) is 5.11. The molecule has 1 saturated heterocycles. The molecule has 4 nitrogen and oxygen atoms in total. The van der Waals surface area contributed by atoms with E-state index < -0.39 is 11.4 Å². The zero-order valence-electron chi connectivity index (χ0n) is 15.0. The summed E-state index contributed by atoms with van der Waals surface area (Å²) in [4.78, 5) is 13.4. The molecule has 3 rings (SSSR count). The molecule has 1 amide bonds. The van der Waals surface area contributed by atoms with Crippen LogP contribution in [0.1, 0.15) is 74.6 Å². The second-order valence-corrected chi connectivity index (χ2v) is 8.77. The van der Waals surface area contributed by atoms with Crippen molar-refractivity contribution in [3.63, 3.8) is 0 Å². The maximum absolute atomic E-state index is 12.9. The number of nitrogens with one attached hydrogen (secondary N) is 1. The van der Waals surface area contributed by atoms with Crippen LogP contribution in [0.2, 0.25) is 0 Å². The third kappa shape index (κ3) is 5.47. The van der Waals surface area contributed by atoms with Gasteiger partial charge in [0, 0.05) is 30.8 Å². The summed E-state index contributed by atoms with van der Waals surface area (Å²) in [5.74, 6) is -0.0263. The molecule has 1 atom stereocenters. The molecule has 1 aliphatic carbocycles. The Morgan fingerprint density at radius 2 is 1.64 bits per heavy atom. The number of benzene rings is 1. The first-order valence-electron chi connectivity index (χ1n) is 9.82. The van der Waals surface area contributed by atoms with Gasteiger partial charge in [-0.25, -0.2) is 0 Å². The van der Waals surface area contributed by atoms with E-state index >= 15 is 0 Å². The normalized spacial score (nSPS) is 22.0. The van der Waals surface area contributed by atoms with Crippen LogP contribution in [0.3, 0.4) is 0 Å². The van der Waals surface area contributed by atoms with Crippen molar-refractivity contribution in [2.75, 3.05) is 13.1 Å². The van der Waals surface area contributed by atoms with Crippen molar-refractivity contribution in [3.8, 4) is 0 Å². The van der Waals surface area contributed by atoms with Crippen LogP contribution in [0.5, 0.6) is 0 Å². The summed E-state index contributed by atoms with van der Waals surface area (Å²) < 4.78 is 14.9. The fraction of sp³-hybridized carbons (Fsp3) is 0.650. The van der Waals surface area contributed by atoms with E-state index in [4.69, 9.17) is 0 Å². The molecule has 2 fully saturated rings. The van der Waals surface area contributed by atoms with Crippen molar-refractivity contribution in [1.82, 2.24) is 9.62 Å². The molecular weight excluding hydrogens is 332 g/mol. The Morgan fingerprint density at radius 3 is 2.32 bits per heavy atom. The summed E-state index contributed by atoms with van der Waals surface area (Å²) in [6, 6.07) is 7.66. The lowest BCUT2D eigenvalue weighted by atomic mass is 10.1. The average Bonchev–Trinajstić information content (AvgIpc) is 3.06. The van der Waals surface area contributed by atoms with Crippen LogP contribution in [0.15, 0.2) is 29.2 Å². The molecule has 0 aromatic heterocycles. The van der Waals surface area contributed by atoms with Gasteiger partial charge < -0.3 is 9.87 Å². The zero-order chi connectivity index (χ0) is 17.5. The van der Waals surface area contributed by atoms with Crippen molar-refractivity contribution in [2.24, 2.45) is 0 Å². The van der Waals surface area contributed by atoms with Crippen molar-refractivity contribution in [3.05, 3.63) is 29.8 Å². The van der Waals surface area contributed by atoms with Crippen LogP contribution in [-0.4, -0.2) is 33.9 Å². The third-order valence-electron chi connectivity index (χ3n) is 5.29. The van der Waals surface area contributed by atoms with Gasteiger partial charge in [0.05, 0.1) is 11.4 Å². The van der Waals surface area contributed by atoms with E-state index in [1.165, 1.54) is 38.5 Å². The van der Waals surface area contributed by atoms with Crippen molar-refractivity contribution >= 4 is 17.3 Å². The molecule has 0 spiro atoms. The zero-order valence-corrected chi connectivity index (χ0v) is 15.9. The standard InChI is InChI=1S/C20H30N2O2S/c23-20(21-18-11-5-1-2-6-12-18)17-10-9-13-19(16-17)25(24)22-14-7-3-4-8-15-22/h9-10,13,16,18H,1-8,11-12,14-15H2,(H,21,23). The van der Waals surface area contributed by atoms with Crippen LogP contribution in [0, 0.1) is 0 Å². The predicted molar refractivity (Wildman–Crippen MR) is 102 cm³/mol. The highest BCUT2D eigenvalue weighted by atomic mass is 32.2. The van der Waals surface area contributed by atoms with Crippen molar-refractivity contribution in [2.45, 2.75) is 75.1 Å². The van der Waals surface area contributed by atoms with Crippen LogP contribution < -0.4 is 5.32 Å². The Bertz CT molecular complexity index is 550. The van der Waals surface area contributed by atoms with Crippen molar-refractivity contribution in [1.29, 1.82) is 0 Å². The van der Waals surface area contributed by atoms with E-state index in [0.717, 1.165) is 43.7 Å². The topological polar surface area (TPSA) is 55.4 Å². The Kier molecular flexibility index (Phi) is 7.20. The quantitative estimate of drug-likeness (QED) is 0.650. The number of nitrogens with zero attached hydrogens (tertiary/aromatic N) is 1. The molecular formula is C20H30N2O2S. The summed E-state index contributed by atoms with van der Waals surface area (Å²) in [6.45, 7) is 1.76. The van der Waals surface area contributed by atoms with Gasteiger partial charge in [-0.05, 0) is 37.8 Å². The summed E-state index contributed by atoms with van der Waals surface area (Å²) in [5.41, 5.74) is 0.630. The van der Waals surface area contributed by atoms with Crippen molar-refractivity contribution < 1.29 is 9.35 Å². The second-order valence-electron chi connectivity index (χ2n) is 7.28. The maximum atomic E-state index is 12.9. The molecule has 0 radical (unpaired) electrons. The number of carbonyl (C=O) groups is 1. The smallest absolute Gasteiger partial charge is 0.251 e. The highest BCUT2D eigenvalue weighted by molar-refractivity contribution is 7.89. The Hall–Kier alpha value is -1.04. The Balaban J connectivity index is 1.64. The van der Waals surface area contributed by atoms with E-state index in [9.17, 15) is 9.35 Å². The predicted octanol–water partition coefficient (Wildman–Crippen LogP) is 4.04. The average molecular weight is 363 g/mol. The minimum Gasteiger partial charge on any atom is -0.593 e. The van der Waals surface area contributed by atoms with E-state index in [1.807, 2.05) is 24.3 Å². The van der Waals surface area contributed by atoms with Crippen LogP contribution in [0.4, 0.5) is 0 Å². The highest BCUT2D eigenvalue weighted by Crippen LogP contribution is 2.22. The summed E-state index contributed by atoms with van der Waals surface area (Å²) >= 11 is -1.16. The largest absolute Gasteiger partial charge is 0.593 e. The number of hydrogen-bond acceptors (Lipinski definition) is 3. The molecule has 1 saturated carbocycles. The number of rotatable bonds is 4. The van der Waals surface area contributed by atoms with Gasteiger partial charge in [0.25, 0.3) is 5.91 Å². The number of hydrogen-bond donors (Lipinski definition) is 1. The molecule has 1 aromatic carbocycles. The van der Waals surface area contributed by atoms with Gasteiger partial charge in [0.15, 0.2) is 4.90 Å². The molecule has 1 aliphatic heterocycles. The SMILES string of the molecule is O=C(NC1CCCCCC1)c1cccc([S+]([O-])N2CCCCCC2)c1. The highest BCUT2D eigenvalue weighted by Gasteiger charge is 2.24. The number of carbonyl (C=O) groups excluding carboxylic acids is 1. The van der Waals surface area contributed by atoms with Gasteiger partial charge in [0.1, 0.15) is 0 Å². The number of amides is 1. The van der Waals surface area contributed by atoms with Crippen LogP contribution in [0.25, 0.3) is 0 Å². The lowest BCUT2D eigenvalue weighted by Crippen LogP contribution is -2.35. The second kappa shape index (κ2) is 9.60. The van der Waals surface area contributed by atoms with E-state index in [0.29, 0.717) is 5.56 Å². The van der Waals surface area contributed by atoms with Gasteiger partial charge in [-0.2, -0.15) is 0 Å². The summed E-state index contributed by atoms with van der Waals surface area (Å²) in [7, 11) is 0. The molecule has 138 valence electrons. The van der Waals surface area contributed by atoms with Gasteiger partial charge in [-0.3, -0.25) is 4.79 Å². The Labute approximate surface area is 154 Å². The first kappa shape index (κ1) is 18.7. The monoisotopic (exact) mass is 362 g/mol. The molecule has 0 bridgehead atoms. The van der Waals surface area contributed by atoms with Gasteiger partial charge in [0.2, 0.25) is 0 Å². The minimum atomic E-state index is -1.16. The molecule has 5 heteroatoms. The van der Waals surface area contributed by atoms with Gasteiger partial charge in [-0.15, -0.1) is 4.31 Å². The van der Waals surface area contributed by atoms with Crippen LogP contribution in [-0.2, 0) is 11.4 Å². The van der Waals surface area contributed by atoms with Gasteiger partial charge in [-0.1, -0.05) is 44.6 Å². The maximum Gasteiger partial charge on any atom is 0.251 e. The molecule has 2 aliphatic rings. The molecule has 1 aromatic rings. The molecule has 1 heterocycles. The summed E-state index contributed by atoms with van der Waals surface area (Å²) in [5, 5.41) is 3.18. The summed E-state index contributed by atoms with van der Waals surface area (Å²) in [6.07, 6.45) is 11.7. The van der Waals surface area contributed by atoms with Gasteiger partial charge >= 0.3 is 0 Å². The van der Waals surface area contributed by atoms with Crippen LogP contribution >= 0.6 is 0 Å². The minimum absolute atomic E-state index is 0.0263. The van der Waals surface area contributed by atoms with E-state index in [2.05, 4.69) is 9.62 Å². The lowest BCUT2D eigenvalue weighted by molar-refractivity contribution is 0.0933. The Morgan fingerprint density at radius 1 is 1.00 bits per heavy atom. The molecule has 25 heavy (non-hydrogen) atoms. The lowest BCUT2D eigenvalue weighted by Gasteiger charge is -2.22.